The average molecular weight is 235 g/mol. The van der Waals surface area contributed by atoms with E-state index >= 15 is 0 Å². The highest BCUT2D eigenvalue weighted by atomic mass is 19.4. The highest BCUT2D eigenvalue weighted by molar-refractivity contribution is 5.46. The van der Waals surface area contributed by atoms with Crippen LogP contribution in [0.1, 0.15) is 24.9 Å². The fourth-order valence-electron chi connectivity index (χ4n) is 1.27. The van der Waals surface area contributed by atoms with Gasteiger partial charge in [0.25, 0.3) is 0 Å². The van der Waals surface area contributed by atoms with Crippen LogP contribution in [-0.2, 0) is 0 Å². The summed E-state index contributed by atoms with van der Waals surface area (Å²) >= 11 is 0. The van der Waals surface area contributed by atoms with E-state index in [0.717, 1.165) is 6.07 Å². The molecule has 0 bridgehead atoms. The van der Waals surface area contributed by atoms with Crippen molar-refractivity contribution in [2.45, 2.75) is 25.7 Å². The number of hydrogen-bond acceptors (Lipinski definition) is 3. The lowest BCUT2D eigenvalue weighted by molar-refractivity contribution is -0.275. The summed E-state index contributed by atoms with van der Waals surface area (Å²) in [6, 6.07) is 3.34. The molecule has 1 atom stereocenters. The summed E-state index contributed by atoms with van der Waals surface area (Å²) in [6.07, 6.45) is -4.32. The Morgan fingerprint density at radius 1 is 1.44 bits per heavy atom. The van der Waals surface area contributed by atoms with Crippen LogP contribution in [0, 0.1) is 0 Å². The van der Waals surface area contributed by atoms with Crippen molar-refractivity contribution in [2.75, 3.05) is 0 Å². The van der Waals surface area contributed by atoms with E-state index in [0.29, 0.717) is 6.42 Å². The van der Waals surface area contributed by atoms with Crippen molar-refractivity contribution in [3.05, 3.63) is 23.8 Å². The molecule has 0 spiro atoms. The predicted molar refractivity (Wildman–Crippen MR) is 52.0 cm³/mol. The first-order chi connectivity index (χ1) is 7.35. The third-order valence-electron chi connectivity index (χ3n) is 2.10. The van der Waals surface area contributed by atoms with Crippen LogP contribution in [0.2, 0.25) is 0 Å². The highest BCUT2D eigenvalue weighted by Crippen LogP contribution is 2.36. The van der Waals surface area contributed by atoms with Crippen molar-refractivity contribution in [3.8, 4) is 11.5 Å². The zero-order valence-corrected chi connectivity index (χ0v) is 8.58. The molecule has 0 radical (unpaired) electrons. The number of nitrogens with two attached hydrogens (primary N) is 1. The number of para-hydroxylation sites is 1. The lowest BCUT2D eigenvalue weighted by Crippen LogP contribution is -2.18. The Balaban J connectivity index is 3.04. The number of rotatable bonds is 3. The van der Waals surface area contributed by atoms with Gasteiger partial charge >= 0.3 is 6.36 Å². The van der Waals surface area contributed by atoms with Crippen LogP contribution in [0.5, 0.6) is 11.5 Å². The van der Waals surface area contributed by atoms with Gasteiger partial charge in [0.2, 0.25) is 0 Å². The van der Waals surface area contributed by atoms with Gasteiger partial charge in [-0.05, 0) is 12.5 Å². The molecular weight excluding hydrogens is 223 g/mol. The largest absolute Gasteiger partial charge is 0.573 e. The van der Waals surface area contributed by atoms with Crippen LogP contribution in [0.25, 0.3) is 0 Å². The van der Waals surface area contributed by atoms with Crippen molar-refractivity contribution in [3.63, 3.8) is 0 Å². The van der Waals surface area contributed by atoms with Crippen LogP contribution in [0.4, 0.5) is 13.2 Å². The van der Waals surface area contributed by atoms with E-state index < -0.39 is 23.9 Å². The van der Waals surface area contributed by atoms with E-state index in [1.165, 1.54) is 12.1 Å². The lowest BCUT2D eigenvalue weighted by atomic mass is 10.0. The molecule has 0 aliphatic rings. The van der Waals surface area contributed by atoms with E-state index in [9.17, 15) is 18.3 Å². The van der Waals surface area contributed by atoms with Gasteiger partial charge in [-0.25, -0.2) is 0 Å². The summed E-state index contributed by atoms with van der Waals surface area (Å²) in [4.78, 5) is 0. The summed E-state index contributed by atoms with van der Waals surface area (Å²) in [6.45, 7) is 1.77. The number of alkyl halides is 3. The molecule has 0 saturated heterocycles. The molecule has 1 aromatic carbocycles. The molecule has 0 amide bonds. The minimum absolute atomic E-state index is 0.240. The Bertz CT molecular complexity index is 366. The molecule has 3 N–H and O–H groups in total. The van der Waals surface area contributed by atoms with Crippen LogP contribution >= 0.6 is 0 Å². The van der Waals surface area contributed by atoms with E-state index in [2.05, 4.69) is 4.74 Å². The maximum Gasteiger partial charge on any atom is 0.573 e. The predicted octanol–water partition coefficient (Wildman–Crippen LogP) is 2.70. The Morgan fingerprint density at radius 2 is 2.06 bits per heavy atom. The second kappa shape index (κ2) is 4.61. The normalized spacial score (nSPS) is 13.6. The molecule has 0 saturated carbocycles. The molecule has 6 heteroatoms. The Hall–Kier alpha value is -1.43. The van der Waals surface area contributed by atoms with E-state index in [4.69, 9.17) is 5.73 Å². The number of halogens is 3. The Labute approximate surface area is 90.6 Å². The molecule has 0 heterocycles. The molecule has 90 valence electrons. The number of aromatic hydroxyl groups is 1. The third kappa shape index (κ3) is 3.03. The molecule has 1 rings (SSSR count). The Morgan fingerprint density at radius 3 is 2.56 bits per heavy atom. The molecule has 16 heavy (non-hydrogen) atoms. The van der Waals surface area contributed by atoms with Crippen LogP contribution < -0.4 is 10.5 Å². The summed E-state index contributed by atoms with van der Waals surface area (Å²) in [5.74, 6) is -1.19. The fraction of sp³-hybridized carbons (Fsp3) is 0.400. The summed E-state index contributed by atoms with van der Waals surface area (Å²) in [5, 5.41) is 9.55. The van der Waals surface area contributed by atoms with Gasteiger partial charge in [-0.2, -0.15) is 0 Å². The van der Waals surface area contributed by atoms with Crippen LogP contribution in [-0.4, -0.2) is 11.5 Å². The zero-order valence-electron chi connectivity index (χ0n) is 8.58. The van der Waals surface area contributed by atoms with Gasteiger partial charge in [-0.3, -0.25) is 0 Å². The lowest BCUT2D eigenvalue weighted by Gasteiger charge is -2.15. The second-order valence-corrected chi connectivity index (χ2v) is 3.26. The first-order valence-corrected chi connectivity index (χ1v) is 4.68. The number of hydrogen-bond donors (Lipinski definition) is 2. The maximum atomic E-state index is 12.0. The summed E-state index contributed by atoms with van der Waals surface area (Å²) in [7, 11) is 0. The minimum atomic E-state index is -4.83. The van der Waals surface area contributed by atoms with Gasteiger partial charge in [0, 0.05) is 11.6 Å². The summed E-state index contributed by atoms with van der Waals surface area (Å²) < 4.78 is 39.6. The van der Waals surface area contributed by atoms with Crippen LogP contribution in [0.15, 0.2) is 18.2 Å². The first kappa shape index (κ1) is 12.6. The SMILES string of the molecule is CC[C@@H](N)c1cccc(OC(F)(F)F)c1O. The molecule has 3 nitrogen and oxygen atoms in total. The molecule has 0 aromatic heterocycles. The van der Waals surface area contributed by atoms with Gasteiger partial charge in [0.05, 0.1) is 0 Å². The maximum absolute atomic E-state index is 12.0. The molecule has 0 fully saturated rings. The van der Waals surface area contributed by atoms with Crippen molar-refractivity contribution in [1.82, 2.24) is 0 Å². The number of benzene rings is 1. The van der Waals surface area contributed by atoms with Crippen molar-refractivity contribution < 1.29 is 23.0 Å². The quantitative estimate of drug-likeness (QED) is 0.846. The molecule has 0 aliphatic carbocycles. The standard InChI is InChI=1S/C10H12F3NO2/c1-2-7(14)6-4-3-5-8(9(6)15)16-10(11,12)13/h3-5,7,15H,2,14H2,1H3/t7-/m1/s1. The van der Waals surface area contributed by atoms with Gasteiger partial charge in [-0.15, -0.1) is 13.2 Å². The Kier molecular flexibility index (Phi) is 3.64. The van der Waals surface area contributed by atoms with Gasteiger partial charge in [0.1, 0.15) is 0 Å². The third-order valence-corrected chi connectivity index (χ3v) is 2.10. The van der Waals surface area contributed by atoms with Crippen molar-refractivity contribution >= 4 is 0 Å². The van der Waals surface area contributed by atoms with Gasteiger partial charge < -0.3 is 15.6 Å². The van der Waals surface area contributed by atoms with Crippen LogP contribution in [0.3, 0.4) is 0 Å². The number of ether oxygens (including phenoxy) is 1. The monoisotopic (exact) mass is 235 g/mol. The molecular formula is C10H12F3NO2. The van der Waals surface area contributed by atoms with Crippen molar-refractivity contribution in [1.29, 1.82) is 0 Å². The van der Waals surface area contributed by atoms with Crippen molar-refractivity contribution in [2.24, 2.45) is 5.73 Å². The number of phenols is 1. The first-order valence-electron chi connectivity index (χ1n) is 4.68. The summed E-state index contributed by atoms with van der Waals surface area (Å²) in [5.41, 5.74) is 5.87. The minimum Gasteiger partial charge on any atom is -0.504 e. The molecule has 0 aliphatic heterocycles. The highest BCUT2D eigenvalue weighted by Gasteiger charge is 2.32. The number of phenolic OH excluding ortho intramolecular Hbond substituents is 1. The molecule has 1 aromatic rings. The van der Waals surface area contributed by atoms with Gasteiger partial charge in [-0.1, -0.05) is 19.1 Å². The second-order valence-electron chi connectivity index (χ2n) is 3.26. The van der Waals surface area contributed by atoms with E-state index in [-0.39, 0.29) is 5.56 Å². The molecule has 0 unspecified atom stereocenters. The smallest absolute Gasteiger partial charge is 0.504 e. The van der Waals surface area contributed by atoms with Gasteiger partial charge in [0.15, 0.2) is 11.5 Å². The average Bonchev–Trinajstić information content (AvgIpc) is 2.18. The van der Waals surface area contributed by atoms with E-state index in [1.807, 2.05) is 0 Å². The van der Waals surface area contributed by atoms with E-state index in [1.54, 1.807) is 6.92 Å². The zero-order chi connectivity index (χ0) is 12.3. The fourth-order valence-corrected chi connectivity index (χ4v) is 1.27. The topological polar surface area (TPSA) is 55.5 Å².